The first-order chi connectivity index (χ1) is 7.09. The fourth-order valence-electron chi connectivity index (χ4n) is 2.56. The van der Waals surface area contributed by atoms with Crippen molar-refractivity contribution in [1.82, 2.24) is 0 Å². The van der Waals surface area contributed by atoms with Crippen molar-refractivity contribution in [2.75, 3.05) is 11.5 Å². The molecule has 1 saturated heterocycles. The van der Waals surface area contributed by atoms with Crippen LogP contribution < -0.4 is 0 Å². The van der Waals surface area contributed by atoms with Crippen LogP contribution in [-0.2, 0) is 9.84 Å². The molecule has 1 heterocycles. The van der Waals surface area contributed by atoms with Crippen molar-refractivity contribution in [3.63, 3.8) is 0 Å². The van der Waals surface area contributed by atoms with Gasteiger partial charge in [0.05, 0.1) is 11.5 Å². The van der Waals surface area contributed by atoms with Gasteiger partial charge in [0.2, 0.25) is 0 Å². The van der Waals surface area contributed by atoms with Crippen LogP contribution in [0.25, 0.3) is 0 Å². The van der Waals surface area contributed by atoms with Crippen LogP contribution in [-0.4, -0.2) is 19.9 Å². The van der Waals surface area contributed by atoms with Crippen LogP contribution in [0, 0.1) is 11.8 Å². The zero-order valence-corrected chi connectivity index (χ0v) is 10.9. The molecular weight excluding hydrogens is 208 g/mol. The number of hydrogen-bond donors (Lipinski definition) is 0. The molecule has 0 amide bonds. The molecule has 1 fully saturated rings. The molecule has 0 spiro atoms. The van der Waals surface area contributed by atoms with Crippen molar-refractivity contribution in [2.24, 2.45) is 11.8 Å². The molecule has 0 radical (unpaired) electrons. The second-order valence-corrected chi connectivity index (χ2v) is 7.04. The van der Waals surface area contributed by atoms with Crippen molar-refractivity contribution in [3.8, 4) is 0 Å². The minimum Gasteiger partial charge on any atom is -0.229 e. The van der Waals surface area contributed by atoms with E-state index in [9.17, 15) is 8.42 Å². The third-order valence-corrected chi connectivity index (χ3v) is 5.33. The summed E-state index contributed by atoms with van der Waals surface area (Å²) >= 11 is 0. The van der Waals surface area contributed by atoms with Gasteiger partial charge in [0.25, 0.3) is 0 Å². The first kappa shape index (κ1) is 13.0. The highest BCUT2D eigenvalue weighted by Crippen LogP contribution is 2.33. The topological polar surface area (TPSA) is 34.1 Å². The van der Waals surface area contributed by atoms with E-state index in [4.69, 9.17) is 0 Å². The Bertz CT molecular complexity index is 247. The Morgan fingerprint density at radius 3 is 1.67 bits per heavy atom. The largest absolute Gasteiger partial charge is 0.229 e. The molecule has 2 atom stereocenters. The third-order valence-electron chi connectivity index (χ3n) is 3.46. The molecule has 0 aromatic rings. The van der Waals surface area contributed by atoms with E-state index in [-0.39, 0.29) is 0 Å². The first-order valence-electron chi connectivity index (χ1n) is 6.29. The van der Waals surface area contributed by atoms with E-state index in [1.54, 1.807) is 0 Å². The summed E-state index contributed by atoms with van der Waals surface area (Å²) in [7, 11) is -2.71. The van der Waals surface area contributed by atoms with Gasteiger partial charge in [0.15, 0.2) is 9.84 Å². The summed E-state index contributed by atoms with van der Waals surface area (Å²) in [6, 6.07) is 0. The number of sulfone groups is 1. The lowest BCUT2D eigenvalue weighted by molar-refractivity contribution is 0.354. The minimum absolute atomic E-state index is 0.460. The van der Waals surface area contributed by atoms with Gasteiger partial charge in [-0.25, -0.2) is 8.42 Å². The normalized spacial score (nSPS) is 29.5. The Labute approximate surface area is 94.4 Å². The molecule has 0 bridgehead atoms. The zero-order chi connectivity index (χ0) is 11.3. The van der Waals surface area contributed by atoms with Gasteiger partial charge in [-0.3, -0.25) is 0 Å². The lowest BCUT2D eigenvalue weighted by atomic mass is 9.87. The maximum Gasteiger partial charge on any atom is 0.150 e. The minimum atomic E-state index is -2.71. The maximum absolute atomic E-state index is 11.6. The summed E-state index contributed by atoms with van der Waals surface area (Å²) in [5, 5.41) is 0. The summed E-state index contributed by atoms with van der Waals surface area (Å²) in [4.78, 5) is 0. The summed E-state index contributed by atoms with van der Waals surface area (Å²) in [6.07, 6.45) is 6.95. The van der Waals surface area contributed by atoms with E-state index in [1.165, 1.54) is 25.7 Å². The Kier molecular flexibility index (Phi) is 5.10. The number of unbranched alkanes of at least 4 members (excludes halogenated alkanes) is 2. The van der Waals surface area contributed by atoms with Gasteiger partial charge < -0.3 is 0 Å². The number of rotatable bonds is 6. The zero-order valence-electron chi connectivity index (χ0n) is 10.0. The Balaban J connectivity index is 2.49. The summed E-state index contributed by atoms with van der Waals surface area (Å²) < 4.78 is 23.2. The predicted molar refractivity (Wildman–Crippen MR) is 64.7 cm³/mol. The first-order valence-corrected chi connectivity index (χ1v) is 8.11. The summed E-state index contributed by atoms with van der Waals surface area (Å²) in [5.41, 5.74) is 0. The van der Waals surface area contributed by atoms with E-state index in [0.717, 1.165) is 12.8 Å². The van der Waals surface area contributed by atoms with Crippen LogP contribution in [0.3, 0.4) is 0 Å². The van der Waals surface area contributed by atoms with E-state index in [0.29, 0.717) is 23.3 Å². The molecule has 3 heteroatoms. The van der Waals surface area contributed by atoms with Crippen LogP contribution in [0.4, 0.5) is 0 Å². The van der Waals surface area contributed by atoms with Crippen molar-refractivity contribution in [1.29, 1.82) is 0 Å². The third kappa shape index (κ3) is 4.13. The average Bonchev–Trinajstić information content (AvgIpc) is 2.47. The molecule has 1 aliphatic rings. The molecular formula is C12H24O2S. The smallest absolute Gasteiger partial charge is 0.150 e. The molecule has 15 heavy (non-hydrogen) atoms. The molecule has 90 valence electrons. The van der Waals surface area contributed by atoms with Crippen LogP contribution in [0.5, 0.6) is 0 Å². The molecule has 0 saturated carbocycles. The van der Waals surface area contributed by atoms with Gasteiger partial charge in [-0.1, -0.05) is 39.5 Å². The predicted octanol–water partition coefficient (Wildman–Crippen LogP) is 3.03. The summed E-state index contributed by atoms with van der Waals surface area (Å²) in [6.45, 7) is 4.34. The molecule has 0 aromatic carbocycles. The van der Waals surface area contributed by atoms with E-state index in [1.807, 2.05) is 0 Å². The van der Waals surface area contributed by atoms with Crippen molar-refractivity contribution >= 4 is 9.84 Å². The Morgan fingerprint density at radius 1 is 0.933 bits per heavy atom. The van der Waals surface area contributed by atoms with Crippen LogP contribution in [0.15, 0.2) is 0 Å². The molecule has 2 nitrogen and oxygen atoms in total. The SMILES string of the molecule is CCCCC1CS(=O)(=O)CC1CCCC. The average molecular weight is 232 g/mol. The molecule has 1 aliphatic heterocycles. The molecule has 1 rings (SSSR count). The molecule has 0 N–H and O–H groups in total. The highest BCUT2D eigenvalue weighted by Gasteiger charge is 2.36. The van der Waals surface area contributed by atoms with Crippen molar-refractivity contribution < 1.29 is 8.42 Å². The molecule has 2 unspecified atom stereocenters. The van der Waals surface area contributed by atoms with Gasteiger partial charge in [-0.05, 0) is 24.7 Å². The van der Waals surface area contributed by atoms with Crippen molar-refractivity contribution in [3.05, 3.63) is 0 Å². The highest BCUT2D eigenvalue weighted by molar-refractivity contribution is 7.91. The van der Waals surface area contributed by atoms with Crippen LogP contribution >= 0.6 is 0 Å². The molecule has 0 aromatic heterocycles. The number of hydrogen-bond acceptors (Lipinski definition) is 2. The monoisotopic (exact) mass is 232 g/mol. The van der Waals surface area contributed by atoms with Crippen molar-refractivity contribution in [2.45, 2.75) is 52.4 Å². The second kappa shape index (κ2) is 5.88. The van der Waals surface area contributed by atoms with Crippen LogP contribution in [0.2, 0.25) is 0 Å². The molecule has 0 aliphatic carbocycles. The van der Waals surface area contributed by atoms with E-state index < -0.39 is 9.84 Å². The lowest BCUT2D eigenvalue weighted by Crippen LogP contribution is -2.12. The fourth-order valence-corrected chi connectivity index (χ4v) is 4.88. The van der Waals surface area contributed by atoms with Crippen LogP contribution in [0.1, 0.15) is 52.4 Å². The second-order valence-electron chi connectivity index (χ2n) is 4.88. The van der Waals surface area contributed by atoms with Gasteiger partial charge in [-0.15, -0.1) is 0 Å². The standard InChI is InChI=1S/C12H24O2S/c1-3-5-7-11-9-15(13,14)10-12(11)8-6-4-2/h11-12H,3-10H2,1-2H3. The quantitative estimate of drug-likeness (QED) is 0.705. The van der Waals surface area contributed by atoms with Gasteiger partial charge >= 0.3 is 0 Å². The van der Waals surface area contributed by atoms with E-state index in [2.05, 4.69) is 13.8 Å². The summed E-state index contributed by atoms with van der Waals surface area (Å²) in [5.74, 6) is 1.84. The Morgan fingerprint density at radius 2 is 1.33 bits per heavy atom. The maximum atomic E-state index is 11.6. The Hall–Kier alpha value is -0.0500. The van der Waals surface area contributed by atoms with E-state index >= 15 is 0 Å². The highest BCUT2D eigenvalue weighted by atomic mass is 32.2. The lowest BCUT2D eigenvalue weighted by Gasteiger charge is -2.16. The van der Waals surface area contributed by atoms with Gasteiger partial charge in [-0.2, -0.15) is 0 Å². The van der Waals surface area contributed by atoms with Gasteiger partial charge in [0.1, 0.15) is 0 Å². The van der Waals surface area contributed by atoms with Gasteiger partial charge in [0, 0.05) is 0 Å². The fraction of sp³-hybridized carbons (Fsp3) is 1.00.